The third-order valence-corrected chi connectivity index (χ3v) is 5.67. The topological polar surface area (TPSA) is 40.2 Å². The van der Waals surface area contributed by atoms with E-state index in [0.717, 1.165) is 46.9 Å². The predicted molar refractivity (Wildman–Crippen MR) is 93.4 cm³/mol. The second-order valence-corrected chi connectivity index (χ2v) is 6.84. The highest BCUT2D eigenvalue weighted by Gasteiger charge is 2.43. The summed E-state index contributed by atoms with van der Waals surface area (Å²) in [6.07, 6.45) is 0.968. The van der Waals surface area contributed by atoms with E-state index in [1.54, 1.807) is 14.2 Å². The third kappa shape index (κ3) is 1.96. The highest BCUT2D eigenvalue weighted by Crippen LogP contribution is 2.57. The van der Waals surface area contributed by atoms with Crippen LogP contribution in [0.5, 0.6) is 17.2 Å². The number of benzene rings is 2. The average Bonchev–Trinajstić information content (AvgIpc) is 3.11. The van der Waals surface area contributed by atoms with Crippen LogP contribution in [-0.2, 0) is 11.2 Å². The molecule has 0 spiro atoms. The van der Waals surface area contributed by atoms with Crippen molar-refractivity contribution in [3.05, 3.63) is 41.0 Å². The Kier molecular flexibility index (Phi) is 3.24. The van der Waals surface area contributed by atoms with Crippen molar-refractivity contribution in [3.63, 3.8) is 0 Å². The molecular formula is C20H21NO4. The molecule has 2 aromatic carbocycles. The lowest BCUT2D eigenvalue weighted by molar-refractivity contribution is 0.0153. The number of hydrogen-bond donors (Lipinski definition) is 0. The van der Waals surface area contributed by atoms with Crippen LogP contribution in [0.2, 0.25) is 0 Å². The van der Waals surface area contributed by atoms with Crippen LogP contribution in [-0.4, -0.2) is 39.5 Å². The van der Waals surface area contributed by atoms with Crippen LogP contribution < -0.4 is 14.2 Å². The monoisotopic (exact) mass is 339 g/mol. The van der Waals surface area contributed by atoms with Crippen molar-refractivity contribution in [1.82, 2.24) is 4.90 Å². The Morgan fingerprint density at radius 1 is 1.16 bits per heavy atom. The fraction of sp³-hybridized carbons (Fsp3) is 0.400. The number of ether oxygens (including phenoxy) is 4. The van der Waals surface area contributed by atoms with Crippen LogP contribution in [0.4, 0.5) is 0 Å². The molecule has 5 rings (SSSR count). The van der Waals surface area contributed by atoms with E-state index in [2.05, 4.69) is 30.1 Å². The largest absolute Gasteiger partial charge is 0.497 e. The van der Waals surface area contributed by atoms with Crippen molar-refractivity contribution in [2.24, 2.45) is 0 Å². The van der Waals surface area contributed by atoms with Crippen LogP contribution in [0.25, 0.3) is 11.1 Å². The van der Waals surface area contributed by atoms with E-state index in [4.69, 9.17) is 18.9 Å². The molecule has 0 bridgehead atoms. The normalized spacial score (nSPS) is 23.2. The van der Waals surface area contributed by atoms with Crippen LogP contribution >= 0.6 is 0 Å². The zero-order valence-corrected chi connectivity index (χ0v) is 14.7. The van der Waals surface area contributed by atoms with E-state index in [9.17, 15) is 0 Å². The molecule has 1 aliphatic carbocycles. The molecule has 3 aliphatic rings. The van der Waals surface area contributed by atoms with Gasteiger partial charge in [-0.3, -0.25) is 4.90 Å². The second kappa shape index (κ2) is 5.38. The van der Waals surface area contributed by atoms with E-state index in [-0.39, 0.29) is 18.9 Å². The fourth-order valence-electron chi connectivity index (χ4n) is 4.52. The quantitative estimate of drug-likeness (QED) is 0.839. The molecule has 5 nitrogen and oxygen atoms in total. The fourth-order valence-corrected chi connectivity index (χ4v) is 4.52. The summed E-state index contributed by atoms with van der Waals surface area (Å²) in [5.41, 5.74) is 6.11. The molecular weight excluding hydrogens is 318 g/mol. The van der Waals surface area contributed by atoms with Gasteiger partial charge in [-0.1, -0.05) is 6.07 Å². The summed E-state index contributed by atoms with van der Waals surface area (Å²) in [4.78, 5) is 2.38. The van der Waals surface area contributed by atoms with Crippen molar-refractivity contribution >= 4 is 0 Å². The molecule has 25 heavy (non-hydrogen) atoms. The number of fused-ring (bicyclic) bond motifs is 4. The summed E-state index contributed by atoms with van der Waals surface area (Å²) in [5, 5.41) is 0. The van der Waals surface area contributed by atoms with Gasteiger partial charge in [-0.05, 0) is 53.9 Å². The minimum atomic E-state index is -0.0398. The summed E-state index contributed by atoms with van der Waals surface area (Å²) in [5.74, 6) is 2.56. The lowest BCUT2D eigenvalue weighted by Crippen LogP contribution is -2.38. The number of rotatable bonds is 2. The van der Waals surface area contributed by atoms with Crippen LogP contribution in [0.1, 0.15) is 28.8 Å². The Balaban J connectivity index is 1.86. The number of methoxy groups -OCH3 is 2. The van der Waals surface area contributed by atoms with Crippen LogP contribution in [0.3, 0.4) is 0 Å². The first-order valence-electron chi connectivity index (χ1n) is 8.59. The predicted octanol–water partition coefficient (Wildman–Crippen LogP) is 3.32. The standard InChI is InChI=1S/C20H21NO4/c1-21-7-6-11-8-15-20(25-10-24-15)17-13-5-4-12(22-2)9-14(13)19(23-3)18(21)16(11)17/h4-5,8-9,18-19H,6-7,10H2,1-3H3/t18-,19-/m1/s1. The summed E-state index contributed by atoms with van der Waals surface area (Å²) >= 11 is 0. The Morgan fingerprint density at radius 2 is 2.04 bits per heavy atom. The zero-order chi connectivity index (χ0) is 17.1. The van der Waals surface area contributed by atoms with Crippen molar-refractivity contribution in [3.8, 4) is 28.4 Å². The van der Waals surface area contributed by atoms with Gasteiger partial charge in [-0.15, -0.1) is 0 Å². The molecule has 0 fully saturated rings. The average molecular weight is 339 g/mol. The van der Waals surface area contributed by atoms with Gasteiger partial charge < -0.3 is 18.9 Å². The molecule has 0 aromatic heterocycles. The second-order valence-electron chi connectivity index (χ2n) is 6.84. The summed E-state index contributed by atoms with van der Waals surface area (Å²) in [6, 6.07) is 8.52. The molecule has 5 heteroatoms. The molecule has 2 heterocycles. The first-order valence-corrected chi connectivity index (χ1v) is 8.59. The van der Waals surface area contributed by atoms with Gasteiger partial charge in [0.05, 0.1) is 13.2 Å². The lowest BCUT2D eigenvalue weighted by atomic mass is 9.75. The first kappa shape index (κ1) is 15.0. The summed E-state index contributed by atoms with van der Waals surface area (Å²) in [6.45, 7) is 1.28. The maximum absolute atomic E-state index is 5.99. The number of likely N-dealkylation sites (N-methyl/N-ethyl adjacent to an activating group) is 1. The molecule has 0 saturated heterocycles. The van der Waals surface area contributed by atoms with Crippen molar-refractivity contribution < 1.29 is 18.9 Å². The van der Waals surface area contributed by atoms with Gasteiger partial charge in [-0.25, -0.2) is 0 Å². The van der Waals surface area contributed by atoms with E-state index in [1.807, 2.05) is 6.07 Å². The van der Waals surface area contributed by atoms with Crippen LogP contribution in [0.15, 0.2) is 24.3 Å². The molecule has 130 valence electrons. The Hall–Kier alpha value is -2.24. The molecule has 0 saturated carbocycles. The molecule has 0 unspecified atom stereocenters. The first-order chi connectivity index (χ1) is 12.2. The molecule has 2 atom stereocenters. The minimum absolute atomic E-state index is 0.0398. The van der Waals surface area contributed by atoms with Gasteiger partial charge >= 0.3 is 0 Å². The summed E-state index contributed by atoms with van der Waals surface area (Å²) < 4.78 is 23.0. The maximum atomic E-state index is 5.99. The van der Waals surface area contributed by atoms with Gasteiger partial charge in [0.2, 0.25) is 6.79 Å². The number of hydrogen-bond acceptors (Lipinski definition) is 5. The van der Waals surface area contributed by atoms with Crippen molar-refractivity contribution in [2.75, 3.05) is 34.6 Å². The molecule has 2 aromatic rings. The molecule has 0 amide bonds. The highest BCUT2D eigenvalue weighted by molar-refractivity contribution is 5.84. The maximum Gasteiger partial charge on any atom is 0.231 e. The Labute approximate surface area is 147 Å². The summed E-state index contributed by atoms with van der Waals surface area (Å²) in [7, 11) is 5.65. The van der Waals surface area contributed by atoms with Gasteiger partial charge in [-0.2, -0.15) is 0 Å². The van der Waals surface area contributed by atoms with E-state index >= 15 is 0 Å². The highest BCUT2D eigenvalue weighted by atomic mass is 16.7. The minimum Gasteiger partial charge on any atom is -0.497 e. The van der Waals surface area contributed by atoms with Crippen molar-refractivity contribution in [1.29, 1.82) is 0 Å². The SMILES string of the molecule is COc1ccc2c(c1)[C@@H](OC)[C@H]1c3c(cc4c(c3-2)OCO4)CCN1C. The lowest BCUT2D eigenvalue weighted by Gasteiger charge is -2.44. The van der Waals surface area contributed by atoms with Crippen molar-refractivity contribution in [2.45, 2.75) is 18.6 Å². The molecule has 2 aliphatic heterocycles. The van der Waals surface area contributed by atoms with Crippen LogP contribution in [0, 0.1) is 0 Å². The van der Waals surface area contributed by atoms with Gasteiger partial charge in [0.15, 0.2) is 11.5 Å². The smallest absolute Gasteiger partial charge is 0.231 e. The number of nitrogens with zero attached hydrogens (tertiary/aromatic N) is 1. The van der Waals surface area contributed by atoms with E-state index < -0.39 is 0 Å². The van der Waals surface area contributed by atoms with Gasteiger partial charge in [0.1, 0.15) is 11.9 Å². The van der Waals surface area contributed by atoms with E-state index in [0.29, 0.717) is 0 Å². The zero-order valence-electron chi connectivity index (χ0n) is 14.7. The van der Waals surface area contributed by atoms with Gasteiger partial charge in [0.25, 0.3) is 0 Å². The molecule has 0 N–H and O–H groups in total. The Bertz CT molecular complexity index is 863. The third-order valence-electron chi connectivity index (χ3n) is 5.67. The van der Waals surface area contributed by atoms with E-state index in [1.165, 1.54) is 11.1 Å². The molecule has 0 radical (unpaired) electrons. The Morgan fingerprint density at radius 3 is 2.84 bits per heavy atom. The van der Waals surface area contributed by atoms with Gasteiger partial charge in [0, 0.05) is 19.2 Å².